The van der Waals surface area contributed by atoms with Gasteiger partial charge in [0.2, 0.25) is 9.84 Å². The van der Waals surface area contributed by atoms with Gasteiger partial charge in [0.1, 0.15) is 38.5 Å². The van der Waals surface area contributed by atoms with E-state index in [1.807, 2.05) is 43.3 Å². The average molecular weight is 1160 g/mol. The zero-order chi connectivity index (χ0) is 45.9. The van der Waals surface area contributed by atoms with Crippen molar-refractivity contribution in [3.63, 3.8) is 0 Å². The summed E-state index contributed by atoms with van der Waals surface area (Å²) in [4.78, 5) is 13.3. The predicted molar refractivity (Wildman–Crippen MR) is 264 cm³/mol. The number of aryl methyl sites for hydroxylation is 1. The fourth-order valence-corrected chi connectivity index (χ4v) is 8.16. The van der Waals surface area contributed by atoms with E-state index in [2.05, 4.69) is 72.6 Å². The summed E-state index contributed by atoms with van der Waals surface area (Å²) in [5.74, 6) is 2.89. The Labute approximate surface area is 455 Å². The zero-order valence-corrected chi connectivity index (χ0v) is 43.7. The van der Waals surface area contributed by atoms with Gasteiger partial charge in [-0.2, -0.15) is 0 Å². The van der Waals surface area contributed by atoms with E-state index in [4.69, 9.17) is 26.5 Å². The molecule has 6 aromatic rings. The number of benzene rings is 6. The van der Waals surface area contributed by atoms with Gasteiger partial charge < -0.3 is 19.7 Å². The molecule has 0 atom stereocenters. The third kappa shape index (κ3) is 21.5. The molecule has 0 aromatic heterocycles. The molecule has 11 nitrogen and oxygen atoms in total. The van der Waals surface area contributed by atoms with Crippen LogP contribution >= 0.6 is 72.2 Å². The first-order valence-corrected chi connectivity index (χ1v) is 22.1. The predicted octanol–water partition coefficient (Wildman–Crippen LogP) is 12.1. The summed E-state index contributed by atoms with van der Waals surface area (Å²) in [5.41, 5.74) is 0.290. The fourth-order valence-electron chi connectivity index (χ4n) is 4.50. The van der Waals surface area contributed by atoms with Crippen LogP contribution in [0, 0.1) is 17.0 Å². The molecule has 8 rings (SSSR count). The van der Waals surface area contributed by atoms with Crippen molar-refractivity contribution >= 4 is 87.7 Å². The first kappa shape index (κ1) is 63.7. The second-order valence-corrected chi connectivity index (χ2v) is 18.8. The van der Waals surface area contributed by atoms with E-state index in [1.54, 1.807) is 105 Å². The van der Waals surface area contributed by atoms with Gasteiger partial charge in [-0.05, 0) is 107 Å². The first-order valence-electron chi connectivity index (χ1n) is 17.6. The van der Waals surface area contributed by atoms with Crippen LogP contribution in [0.2, 0.25) is 0 Å². The number of rotatable bonds is 1. The van der Waals surface area contributed by atoms with Crippen LogP contribution in [0.25, 0.3) is 0 Å². The van der Waals surface area contributed by atoms with Gasteiger partial charge in [-0.25, -0.2) is 8.42 Å². The van der Waals surface area contributed by atoms with Crippen LogP contribution in [-0.2, 0) is 9.84 Å². The number of sulfone groups is 1. The summed E-state index contributed by atoms with van der Waals surface area (Å²) in [6.45, 7) is 6.80. The van der Waals surface area contributed by atoms with Crippen LogP contribution in [0.5, 0.6) is 28.7 Å². The van der Waals surface area contributed by atoms with Crippen molar-refractivity contribution < 1.29 is 101 Å². The van der Waals surface area contributed by atoms with E-state index in [-0.39, 0.29) is 94.9 Å². The second-order valence-electron chi connectivity index (χ2n) is 12.7. The van der Waals surface area contributed by atoms with Crippen molar-refractivity contribution in [3.8, 4) is 28.7 Å². The molecule has 0 radical (unpaired) electrons. The number of hydrogen-bond donors (Lipinski definition) is 4. The van der Waals surface area contributed by atoms with Crippen molar-refractivity contribution in [2.75, 3.05) is 7.15 Å². The smallest absolute Gasteiger partial charge is 0.850 e. The Morgan fingerprint density at radius 3 is 1.75 bits per heavy atom. The number of nitrogens with zero attached hydrogens (tertiary/aromatic N) is 1. The number of aromatic hydroxyl groups is 1. The average Bonchev–Trinajstić information content (AvgIpc) is 3.20. The minimum atomic E-state index is -3.44. The molecule has 2 aliphatic heterocycles. The molecule has 0 spiro atoms. The Hall–Kier alpha value is -2.34. The molecule has 6 aromatic carbocycles. The summed E-state index contributed by atoms with van der Waals surface area (Å²) in [5, 5.41) is 41.3. The van der Waals surface area contributed by atoms with E-state index in [0.29, 0.717) is 25.3 Å². The van der Waals surface area contributed by atoms with E-state index in [0.717, 1.165) is 26.4 Å². The third-order valence-electron chi connectivity index (χ3n) is 6.93. The number of fused-ring (bicyclic) bond motifs is 4. The van der Waals surface area contributed by atoms with Crippen LogP contribution in [0.4, 0.5) is 10.1 Å². The first-order chi connectivity index (χ1) is 28.7. The summed E-state index contributed by atoms with van der Waals surface area (Å²) >= 11 is 15.3. The molecule has 0 unspecified atom stereocenters. The van der Waals surface area contributed by atoms with Gasteiger partial charge in [-0.3, -0.25) is 25.0 Å². The molecule has 19 heteroatoms. The number of nitro benzene ring substituents is 1. The number of ether oxygens (including phenoxy) is 2. The number of halogens is 4. The van der Waals surface area contributed by atoms with Crippen LogP contribution < -0.4 is 66.0 Å². The normalized spacial score (nSPS) is 11.2. The van der Waals surface area contributed by atoms with Crippen LogP contribution in [-0.4, -0.2) is 41.7 Å². The van der Waals surface area contributed by atoms with Gasteiger partial charge in [0.15, 0.2) is 0 Å². The van der Waals surface area contributed by atoms with E-state index in [1.165, 1.54) is 11.0 Å². The van der Waals surface area contributed by atoms with Crippen LogP contribution in [0.1, 0.15) is 50.0 Å². The maximum absolute atomic E-state index is 12.3. The molecule has 0 bridgehead atoms. The largest absolute Gasteiger partial charge is 1.00 e. The number of thiol groups is 1. The fraction of sp³-hybridized carbons (Fsp3) is 0.200. The summed E-state index contributed by atoms with van der Waals surface area (Å²) in [6, 6.07) is 37.7. The van der Waals surface area contributed by atoms with Gasteiger partial charge in [-0.15, -0.1) is 18.2 Å². The molecule has 2 aliphatic rings. The number of phenolic OH excluding ortho intramolecular Hbond substituents is 1. The minimum Gasteiger partial charge on any atom is -0.850 e. The number of para-hydroxylation sites is 3. The molecular formula is C45H52Br3FKNO10S3. The van der Waals surface area contributed by atoms with Crippen molar-refractivity contribution in [1.29, 1.82) is 0 Å². The number of phenols is 1. The molecule has 0 saturated carbocycles. The molecule has 0 amide bonds. The second kappa shape index (κ2) is 32.4. The molecule has 344 valence electrons. The summed E-state index contributed by atoms with van der Waals surface area (Å²) in [6.07, 6.45) is 0. The molecule has 64 heavy (non-hydrogen) atoms. The Bertz CT molecular complexity index is 2460. The topological polar surface area (TPSA) is 179 Å². The van der Waals surface area contributed by atoms with E-state index in [9.17, 15) is 28.0 Å². The molecule has 0 saturated heterocycles. The van der Waals surface area contributed by atoms with Gasteiger partial charge in [0.05, 0.1) is 27.7 Å². The number of hydrogen-bond acceptors (Lipinski definition) is 12. The SMILES string of the molecule is Brc1ccc2c(c1)Oc1ccccc1S2.C.C.C.CC(C)(C)[O-].Cc1ccc2c(c1)Oc1ccccc1S2(=O)=O.O=[N+]([O-])c1cc(Br)ccc1Br.OO.Oc1ccccc1S.[2H]CF.[K+]. The van der Waals surface area contributed by atoms with Crippen molar-refractivity contribution in [1.82, 2.24) is 0 Å². The standard InChI is InChI=1S/C13H10O3S.C12H7BrOS.C6H3Br2NO2.C6H6OS.C4H9O.CH3F.3CH4.K.H2O2/c1-9-6-7-13-11(8-9)16-10-4-2-3-5-12(10)17(13,14)15;13-8-5-6-12-10(7-8)14-9-3-1-2-4-11(9)15-12;7-4-1-2-5(8)6(3-4)9(10)11;7-5-3-1-2-4-6(5)8;1-4(2,3)5;1-2;;;;;1-2/h2-8H,1H3;1-7H;1-3H;1-4,7-8H;1-3H3;1H3;3*1H4;;1-2H/q;;;;-1;;;;;+1;/i;;;;;1D;;;;;. The van der Waals surface area contributed by atoms with Crippen molar-refractivity contribution in [2.45, 2.75) is 80.1 Å². The van der Waals surface area contributed by atoms with E-state index < -0.39 is 27.5 Å². The quantitative estimate of drug-likeness (QED) is 0.0404. The molecule has 0 fully saturated rings. The molecule has 0 aliphatic carbocycles. The maximum atomic E-state index is 12.3. The Morgan fingerprint density at radius 1 is 0.734 bits per heavy atom. The van der Waals surface area contributed by atoms with Crippen LogP contribution in [0.15, 0.2) is 165 Å². The van der Waals surface area contributed by atoms with Gasteiger partial charge in [0.25, 0.3) is 5.69 Å². The molecule has 3 N–H and O–H groups in total. The molecular weight excluding hydrogens is 1110 g/mol. The van der Waals surface area contributed by atoms with Gasteiger partial charge >= 0.3 is 51.4 Å². The monoisotopic (exact) mass is 1160 g/mol. The number of nitro groups is 1. The Balaban J connectivity index is -0.000000741. The minimum absolute atomic E-state index is 0. The third-order valence-corrected chi connectivity index (χ3v) is 11.9. The van der Waals surface area contributed by atoms with Crippen molar-refractivity contribution in [3.05, 3.63) is 156 Å². The van der Waals surface area contributed by atoms with E-state index >= 15 is 0 Å². The Morgan fingerprint density at radius 2 is 1.20 bits per heavy atom. The summed E-state index contributed by atoms with van der Waals surface area (Å²) in [7, 11) is -4.44. The van der Waals surface area contributed by atoms with Crippen LogP contribution in [0.3, 0.4) is 0 Å². The van der Waals surface area contributed by atoms with Crippen molar-refractivity contribution in [2.24, 2.45) is 0 Å². The maximum Gasteiger partial charge on any atom is 1.00 e. The molecule has 2 heterocycles. The van der Waals surface area contributed by atoms with Gasteiger partial charge in [0, 0.05) is 19.9 Å². The zero-order valence-electron chi connectivity index (χ0n) is 34.3. The summed E-state index contributed by atoms with van der Waals surface area (Å²) < 4.78 is 53.8. The van der Waals surface area contributed by atoms with Gasteiger partial charge in [-0.1, -0.05) is 129 Å². The number of alkyl halides is 1. The Kier molecular flexibility index (Phi) is 32.2.